The first-order valence-electron chi connectivity index (χ1n) is 9.10. The molecule has 0 amide bonds. The highest BCUT2D eigenvalue weighted by molar-refractivity contribution is 5.39. The molecule has 2 aromatic carbocycles. The quantitative estimate of drug-likeness (QED) is 0.726. The predicted molar refractivity (Wildman–Crippen MR) is 104 cm³/mol. The number of nitrogens with one attached hydrogen (secondary N) is 1. The second-order valence-electron chi connectivity index (χ2n) is 6.26. The lowest BCUT2D eigenvalue weighted by Crippen LogP contribution is -2.43. The number of aromatic nitrogens is 2. The van der Waals surface area contributed by atoms with Crippen LogP contribution in [-0.2, 0) is 6.61 Å². The van der Waals surface area contributed by atoms with E-state index in [0.29, 0.717) is 12.5 Å². The Hall–Kier alpha value is -3.12. The van der Waals surface area contributed by atoms with Gasteiger partial charge in [0.1, 0.15) is 18.1 Å². The van der Waals surface area contributed by atoms with Crippen LogP contribution in [0, 0.1) is 0 Å². The first-order valence-corrected chi connectivity index (χ1v) is 9.10. The van der Waals surface area contributed by atoms with Gasteiger partial charge in [-0.1, -0.05) is 36.4 Å². The van der Waals surface area contributed by atoms with Gasteiger partial charge in [-0.25, -0.2) is 0 Å². The molecule has 0 radical (unpaired) electrons. The van der Waals surface area contributed by atoms with Gasteiger partial charge in [-0.15, -0.1) is 0 Å². The minimum absolute atomic E-state index is 0.364. The van der Waals surface area contributed by atoms with Crippen LogP contribution in [0.4, 0.5) is 5.82 Å². The molecular weight excluding hydrogens is 340 g/mol. The molecule has 138 valence electrons. The van der Waals surface area contributed by atoms with Gasteiger partial charge in [0.05, 0.1) is 12.4 Å². The lowest BCUT2D eigenvalue weighted by atomic mass is 10.2. The molecule has 0 atom stereocenters. The van der Waals surface area contributed by atoms with E-state index in [9.17, 15) is 0 Å². The Kier molecular flexibility index (Phi) is 5.45. The van der Waals surface area contributed by atoms with Gasteiger partial charge in [-0.2, -0.15) is 4.98 Å². The Morgan fingerprint density at radius 2 is 1.70 bits per heavy atom. The van der Waals surface area contributed by atoms with Gasteiger partial charge in [0.15, 0.2) is 5.82 Å². The molecule has 1 aliphatic heterocycles. The third-order valence-electron chi connectivity index (χ3n) is 4.36. The topological polar surface area (TPSA) is 59.5 Å². The van der Waals surface area contributed by atoms with Crippen LogP contribution in [-0.4, -0.2) is 36.1 Å². The van der Waals surface area contributed by atoms with Gasteiger partial charge in [-0.3, -0.25) is 4.98 Å². The Morgan fingerprint density at radius 3 is 2.56 bits per heavy atom. The number of nitrogens with zero attached hydrogens (tertiary/aromatic N) is 3. The number of para-hydroxylation sites is 2. The number of rotatable bonds is 6. The molecule has 27 heavy (non-hydrogen) atoms. The van der Waals surface area contributed by atoms with Crippen LogP contribution >= 0.6 is 0 Å². The van der Waals surface area contributed by atoms with Crippen LogP contribution in [0.1, 0.15) is 5.56 Å². The summed E-state index contributed by atoms with van der Waals surface area (Å²) >= 11 is 0. The minimum atomic E-state index is 0.364. The SMILES string of the molecule is c1ccc(Oc2ccccc2COc2cncc(N3CCNCC3)n2)cc1. The standard InChI is InChI=1S/C21H22N4O2/c1-2-7-18(8-3-1)27-19-9-5-4-6-17(19)16-26-21-15-23-14-20(24-21)25-12-10-22-11-13-25/h1-9,14-15,22H,10-13,16H2. The molecule has 0 saturated carbocycles. The van der Waals surface area contributed by atoms with Crippen molar-refractivity contribution in [2.45, 2.75) is 6.61 Å². The number of piperazine rings is 1. The van der Waals surface area contributed by atoms with E-state index >= 15 is 0 Å². The van der Waals surface area contributed by atoms with E-state index in [1.165, 1.54) is 0 Å². The molecule has 1 N–H and O–H groups in total. The van der Waals surface area contributed by atoms with Gasteiger partial charge >= 0.3 is 0 Å². The van der Waals surface area contributed by atoms with Crippen molar-refractivity contribution in [2.75, 3.05) is 31.1 Å². The van der Waals surface area contributed by atoms with Gasteiger partial charge < -0.3 is 19.7 Å². The van der Waals surface area contributed by atoms with Crippen molar-refractivity contribution in [3.05, 3.63) is 72.6 Å². The number of ether oxygens (including phenoxy) is 2. The van der Waals surface area contributed by atoms with Crippen molar-refractivity contribution in [2.24, 2.45) is 0 Å². The molecule has 2 heterocycles. The van der Waals surface area contributed by atoms with Crippen molar-refractivity contribution >= 4 is 5.82 Å². The maximum Gasteiger partial charge on any atom is 0.234 e. The third-order valence-corrected chi connectivity index (χ3v) is 4.36. The van der Waals surface area contributed by atoms with Crippen molar-refractivity contribution in [3.8, 4) is 17.4 Å². The zero-order valence-corrected chi connectivity index (χ0v) is 15.0. The number of hydrogen-bond donors (Lipinski definition) is 1. The lowest BCUT2D eigenvalue weighted by Gasteiger charge is -2.28. The van der Waals surface area contributed by atoms with Gasteiger partial charge in [0.2, 0.25) is 5.88 Å². The molecule has 1 aliphatic rings. The summed E-state index contributed by atoms with van der Waals surface area (Å²) in [6, 6.07) is 17.6. The molecule has 1 aromatic heterocycles. The number of benzene rings is 2. The molecule has 0 spiro atoms. The molecule has 3 aromatic rings. The molecule has 0 bridgehead atoms. The summed E-state index contributed by atoms with van der Waals surface area (Å²) in [5, 5.41) is 3.34. The predicted octanol–water partition coefficient (Wildman–Crippen LogP) is 3.26. The van der Waals surface area contributed by atoms with E-state index in [-0.39, 0.29) is 0 Å². The summed E-state index contributed by atoms with van der Waals surface area (Å²) in [5.74, 6) is 2.93. The highest BCUT2D eigenvalue weighted by Crippen LogP contribution is 2.26. The van der Waals surface area contributed by atoms with E-state index in [2.05, 4.69) is 20.2 Å². The largest absolute Gasteiger partial charge is 0.472 e. The fourth-order valence-corrected chi connectivity index (χ4v) is 2.94. The van der Waals surface area contributed by atoms with Crippen LogP contribution in [0.25, 0.3) is 0 Å². The van der Waals surface area contributed by atoms with Crippen LogP contribution in [0.2, 0.25) is 0 Å². The van der Waals surface area contributed by atoms with E-state index < -0.39 is 0 Å². The summed E-state index contributed by atoms with van der Waals surface area (Å²) in [6.07, 6.45) is 3.43. The Bertz CT molecular complexity index is 867. The average molecular weight is 362 g/mol. The summed E-state index contributed by atoms with van der Waals surface area (Å²) < 4.78 is 11.9. The van der Waals surface area contributed by atoms with Crippen LogP contribution in [0.5, 0.6) is 17.4 Å². The highest BCUT2D eigenvalue weighted by Gasteiger charge is 2.13. The molecule has 1 saturated heterocycles. The summed E-state index contributed by atoms with van der Waals surface area (Å²) in [5.41, 5.74) is 0.954. The Balaban J connectivity index is 1.44. The first kappa shape index (κ1) is 17.3. The van der Waals surface area contributed by atoms with Gasteiger partial charge in [0, 0.05) is 31.7 Å². The monoisotopic (exact) mass is 362 g/mol. The Morgan fingerprint density at radius 1 is 0.926 bits per heavy atom. The summed E-state index contributed by atoms with van der Waals surface area (Å²) in [6.45, 7) is 4.12. The average Bonchev–Trinajstić information content (AvgIpc) is 2.75. The second kappa shape index (κ2) is 8.51. The normalized spacial score (nSPS) is 14.0. The number of anilines is 1. The van der Waals surface area contributed by atoms with E-state index in [0.717, 1.165) is 49.1 Å². The highest BCUT2D eigenvalue weighted by atomic mass is 16.5. The zero-order chi connectivity index (χ0) is 18.3. The van der Waals surface area contributed by atoms with E-state index in [4.69, 9.17) is 9.47 Å². The lowest BCUT2D eigenvalue weighted by molar-refractivity contribution is 0.287. The molecule has 0 aliphatic carbocycles. The third kappa shape index (κ3) is 4.54. The second-order valence-corrected chi connectivity index (χ2v) is 6.26. The van der Waals surface area contributed by atoms with Crippen molar-refractivity contribution < 1.29 is 9.47 Å². The van der Waals surface area contributed by atoms with E-state index in [1.807, 2.05) is 54.6 Å². The summed E-state index contributed by atoms with van der Waals surface area (Å²) in [4.78, 5) is 11.1. The van der Waals surface area contributed by atoms with Crippen LogP contribution in [0.15, 0.2) is 67.0 Å². The molecule has 1 fully saturated rings. The molecule has 6 nitrogen and oxygen atoms in total. The van der Waals surface area contributed by atoms with Crippen molar-refractivity contribution in [1.82, 2.24) is 15.3 Å². The van der Waals surface area contributed by atoms with Crippen molar-refractivity contribution in [1.29, 1.82) is 0 Å². The molecular formula is C21H22N4O2. The maximum atomic E-state index is 5.99. The maximum absolute atomic E-state index is 5.99. The fraction of sp³-hybridized carbons (Fsp3) is 0.238. The number of hydrogen-bond acceptors (Lipinski definition) is 6. The van der Waals surface area contributed by atoms with Gasteiger partial charge in [-0.05, 0) is 18.2 Å². The van der Waals surface area contributed by atoms with Crippen LogP contribution < -0.4 is 19.7 Å². The summed E-state index contributed by atoms with van der Waals surface area (Å²) in [7, 11) is 0. The fourth-order valence-electron chi connectivity index (χ4n) is 2.94. The molecule has 0 unspecified atom stereocenters. The van der Waals surface area contributed by atoms with Gasteiger partial charge in [0.25, 0.3) is 0 Å². The van der Waals surface area contributed by atoms with E-state index in [1.54, 1.807) is 12.4 Å². The Labute approximate surface area is 158 Å². The first-order chi connectivity index (χ1) is 13.4. The molecule has 6 heteroatoms. The van der Waals surface area contributed by atoms with Crippen LogP contribution in [0.3, 0.4) is 0 Å². The zero-order valence-electron chi connectivity index (χ0n) is 15.0. The minimum Gasteiger partial charge on any atom is -0.472 e. The smallest absolute Gasteiger partial charge is 0.234 e. The molecule has 4 rings (SSSR count). The van der Waals surface area contributed by atoms with Crippen molar-refractivity contribution in [3.63, 3.8) is 0 Å².